The Morgan fingerprint density at radius 1 is 1.25 bits per heavy atom. The van der Waals surface area contributed by atoms with Gasteiger partial charge in [-0.15, -0.1) is 0 Å². The highest BCUT2D eigenvalue weighted by Crippen LogP contribution is 2.29. The van der Waals surface area contributed by atoms with Gasteiger partial charge in [0.25, 0.3) is 0 Å². The number of amides is 1. The van der Waals surface area contributed by atoms with E-state index >= 15 is 0 Å². The number of rotatable bonds is 4. The van der Waals surface area contributed by atoms with E-state index in [-0.39, 0.29) is 12.0 Å². The molecule has 6 nitrogen and oxygen atoms in total. The van der Waals surface area contributed by atoms with Crippen molar-refractivity contribution in [2.45, 2.75) is 64.2 Å². The minimum atomic E-state index is -1.05. The Hall–Kier alpha value is -1.30. The van der Waals surface area contributed by atoms with E-state index in [2.05, 4.69) is 5.32 Å². The van der Waals surface area contributed by atoms with Crippen LogP contribution in [0.5, 0.6) is 0 Å². The highest BCUT2D eigenvalue weighted by molar-refractivity contribution is 5.80. The molecule has 1 amide bonds. The Morgan fingerprint density at radius 2 is 1.85 bits per heavy atom. The number of carboxylic acids is 1. The van der Waals surface area contributed by atoms with E-state index in [1.165, 1.54) is 0 Å². The second-order valence-electron chi connectivity index (χ2n) is 6.18. The molecule has 3 atom stereocenters. The first kappa shape index (κ1) is 16.8. The van der Waals surface area contributed by atoms with E-state index in [4.69, 9.17) is 9.47 Å². The lowest BCUT2D eigenvalue weighted by Crippen LogP contribution is -2.52. The molecule has 1 aliphatic rings. The van der Waals surface area contributed by atoms with Gasteiger partial charge in [-0.1, -0.05) is 12.8 Å². The van der Waals surface area contributed by atoms with Gasteiger partial charge in [-0.2, -0.15) is 0 Å². The number of nitrogens with one attached hydrogen (secondary N) is 1. The van der Waals surface area contributed by atoms with Crippen molar-refractivity contribution >= 4 is 12.1 Å². The second-order valence-corrected chi connectivity index (χ2v) is 6.18. The summed E-state index contributed by atoms with van der Waals surface area (Å²) in [5.41, 5.74) is -0.652. The van der Waals surface area contributed by atoms with Gasteiger partial charge < -0.3 is 19.9 Å². The number of carbonyl (C=O) groups excluding carboxylic acids is 1. The molecular formula is C14H25NO5. The van der Waals surface area contributed by atoms with Crippen molar-refractivity contribution in [1.82, 2.24) is 5.32 Å². The number of ether oxygens (including phenoxy) is 2. The first-order chi connectivity index (χ1) is 9.24. The van der Waals surface area contributed by atoms with Gasteiger partial charge in [-0.3, -0.25) is 0 Å². The fourth-order valence-corrected chi connectivity index (χ4v) is 2.59. The van der Waals surface area contributed by atoms with Crippen LogP contribution in [0.4, 0.5) is 4.79 Å². The van der Waals surface area contributed by atoms with Crippen LogP contribution >= 0.6 is 0 Å². The lowest BCUT2D eigenvalue weighted by molar-refractivity contribution is -0.143. The minimum absolute atomic E-state index is 0.139. The lowest BCUT2D eigenvalue weighted by atomic mass is 9.81. The minimum Gasteiger partial charge on any atom is -0.480 e. The van der Waals surface area contributed by atoms with Gasteiger partial charge in [0, 0.05) is 13.0 Å². The normalized spacial score (nSPS) is 24.8. The molecule has 1 fully saturated rings. The van der Waals surface area contributed by atoms with Crippen molar-refractivity contribution in [3.8, 4) is 0 Å². The van der Waals surface area contributed by atoms with Crippen molar-refractivity contribution < 1.29 is 24.2 Å². The van der Waals surface area contributed by atoms with Crippen LogP contribution in [0.15, 0.2) is 0 Å². The van der Waals surface area contributed by atoms with Gasteiger partial charge in [0.05, 0.1) is 6.10 Å². The summed E-state index contributed by atoms with van der Waals surface area (Å²) in [5.74, 6) is -1.27. The van der Waals surface area contributed by atoms with Crippen molar-refractivity contribution in [2.75, 3.05) is 7.11 Å². The van der Waals surface area contributed by atoms with Crippen LogP contribution in [0.1, 0.15) is 46.5 Å². The van der Waals surface area contributed by atoms with Gasteiger partial charge in [0.15, 0.2) is 0 Å². The van der Waals surface area contributed by atoms with Crippen LogP contribution in [0.2, 0.25) is 0 Å². The summed E-state index contributed by atoms with van der Waals surface area (Å²) in [5, 5.41) is 11.8. The molecule has 3 unspecified atom stereocenters. The van der Waals surface area contributed by atoms with E-state index in [1.807, 2.05) is 0 Å². The molecule has 0 aromatic carbocycles. The monoisotopic (exact) mass is 287 g/mol. The molecule has 0 saturated heterocycles. The maximum Gasteiger partial charge on any atom is 0.408 e. The topological polar surface area (TPSA) is 84.9 Å². The zero-order valence-electron chi connectivity index (χ0n) is 12.6. The molecule has 0 spiro atoms. The summed E-state index contributed by atoms with van der Waals surface area (Å²) >= 11 is 0. The highest BCUT2D eigenvalue weighted by atomic mass is 16.6. The van der Waals surface area contributed by atoms with Crippen molar-refractivity contribution in [1.29, 1.82) is 0 Å². The molecule has 0 aromatic rings. The molecule has 116 valence electrons. The first-order valence-corrected chi connectivity index (χ1v) is 6.99. The molecule has 0 radical (unpaired) electrons. The summed E-state index contributed by atoms with van der Waals surface area (Å²) < 4.78 is 10.5. The number of alkyl carbamates (subject to hydrolysis) is 1. The molecule has 1 aliphatic carbocycles. The quantitative estimate of drug-likeness (QED) is 0.827. The van der Waals surface area contributed by atoms with Crippen molar-refractivity contribution in [3.05, 3.63) is 0 Å². The predicted molar refractivity (Wildman–Crippen MR) is 73.5 cm³/mol. The van der Waals surface area contributed by atoms with Crippen LogP contribution in [-0.4, -0.2) is 42.0 Å². The maximum absolute atomic E-state index is 11.8. The smallest absolute Gasteiger partial charge is 0.408 e. The van der Waals surface area contributed by atoms with Gasteiger partial charge in [0.1, 0.15) is 11.6 Å². The number of hydrogen-bond acceptors (Lipinski definition) is 4. The van der Waals surface area contributed by atoms with Crippen molar-refractivity contribution in [3.63, 3.8) is 0 Å². The molecule has 1 saturated carbocycles. The average Bonchev–Trinajstić information content (AvgIpc) is 2.33. The summed E-state index contributed by atoms with van der Waals surface area (Å²) in [6, 6.07) is -0.977. The summed E-state index contributed by atoms with van der Waals surface area (Å²) in [6.07, 6.45) is 2.68. The van der Waals surface area contributed by atoms with E-state index in [0.29, 0.717) is 0 Å². The van der Waals surface area contributed by atoms with E-state index < -0.39 is 23.7 Å². The van der Waals surface area contributed by atoms with Crippen LogP contribution < -0.4 is 5.32 Å². The molecule has 0 heterocycles. The standard InChI is InChI=1S/C14H25NO5/c1-14(2,3)20-13(18)15-11(12(16)17)9-7-5-6-8-10(9)19-4/h9-11H,5-8H2,1-4H3,(H,15,18)(H,16,17). The summed E-state index contributed by atoms with van der Waals surface area (Å²) in [7, 11) is 1.58. The van der Waals surface area contributed by atoms with Crippen LogP contribution in [-0.2, 0) is 14.3 Å². The largest absolute Gasteiger partial charge is 0.480 e. The SMILES string of the molecule is COC1CCCCC1C(NC(=O)OC(C)(C)C)C(=O)O. The molecule has 1 rings (SSSR count). The van der Waals surface area contributed by atoms with Crippen LogP contribution in [0.25, 0.3) is 0 Å². The number of carbonyl (C=O) groups is 2. The van der Waals surface area contributed by atoms with Crippen LogP contribution in [0, 0.1) is 5.92 Å². The molecule has 0 bridgehead atoms. The number of methoxy groups -OCH3 is 1. The van der Waals surface area contributed by atoms with E-state index in [0.717, 1.165) is 25.7 Å². The fourth-order valence-electron chi connectivity index (χ4n) is 2.59. The predicted octanol–water partition coefficient (Wildman–Crippen LogP) is 2.17. The number of hydrogen-bond donors (Lipinski definition) is 2. The molecule has 6 heteroatoms. The Balaban J connectivity index is 2.73. The molecular weight excluding hydrogens is 262 g/mol. The van der Waals surface area contributed by atoms with Gasteiger partial charge in [-0.05, 0) is 33.6 Å². The Labute approximate surface area is 119 Å². The first-order valence-electron chi connectivity index (χ1n) is 6.99. The average molecular weight is 287 g/mol. The number of aliphatic carboxylic acids is 1. The maximum atomic E-state index is 11.8. The third-order valence-corrected chi connectivity index (χ3v) is 3.42. The van der Waals surface area contributed by atoms with Crippen LogP contribution in [0.3, 0.4) is 0 Å². The lowest BCUT2D eigenvalue weighted by Gasteiger charge is -2.34. The fraction of sp³-hybridized carbons (Fsp3) is 0.857. The Bertz CT molecular complexity index is 350. The Kier molecular flexibility index (Phi) is 5.80. The summed E-state index contributed by atoms with van der Waals surface area (Å²) in [4.78, 5) is 23.2. The zero-order chi connectivity index (χ0) is 15.3. The Morgan fingerprint density at radius 3 is 2.35 bits per heavy atom. The molecule has 20 heavy (non-hydrogen) atoms. The number of carboxylic acid groups (broad SMARTS) is 1. The highest BCUT2D eigenvalue weighted by Gasteiger charge is 2.37. The van der Waals surface area contributed by atoms with Gasteiger partial charge in [0.2, 0.25) is 0 Å². The molecule has 0 aromatic heterocycles. The van der Waals surface area contributed by atoms with Gasteiger partial charge in [-0.25, -0.2) is 9.59 Å². The third-order valence-electron chi connectivity index (χ3n) is 3.42. The van der Waals surface area contributed by atoms with Gasteiger partial charge >= 0.3 is 12.1 Å². The molecule has 2 N–H and O–H groups in total. The second kappa shape index (κ2) is 6.92. The summed E-state index contributed by atoms with van der Waals surface area (Å²) in [6.45, 7) is 5.21. The third kappa shape index (κ3) is 5.00. The zero-order valence-corrected chi connectivity index (χ0v) is 12.6. The molecule has 0 aliphatic heterocycles. The van der Waals surface area contributed by atoms with E-state index in [9.17, 15) is 14.7 Å². The van der Waals surface area contributed by atoms with E-state index in [1.54, 1.807) is 27.9 Å². The van der Waals surface area contributed by atoms with Crippen molar-refractivity contribution in [2.24, 2.45) is 5.92 Å².